The Kier molecular flexibility index (Phi) is 5.93. The summed E-state index contributed by atoms with van der Waals surface area (Å²) in [6.07, 6.45) is 5.65. The second-order valence-corrected chi connectivity index (χ2v) is 9.67. The number of fused-ring (bicyclic) bond motifs is 2. The molecule has 0 bridgehead atoms. The largest absolute Gasteiger partial charge is 0.478 e. The van der Waals surface area contributed by atoms with E-state index in [2.05, 4.69) is 9.88 Å². The highest BCUT2D eigenvalue weighted by molar-refractivity contribution is 6.09. The highest BCUT2D eigenvalue weighted by Crippen LogP contribution is 2.36. The maximum absolute atomic E-state index is 13.3. The van der Waals surface area contributed by atoms with Crippen LogP contribution in [0.3, 0.4) is 0 Å². The van der Waals surface area contributed by atoms with Crippen LogP contribution in [0.2, 0.25) is 0 Å². The van der Waals surface area contributed by atoms with Gasteiger partial charge in [0.2, 0.25) is 0 Å². The van der Waals surface area contributed by atoms with Crippen LogP contribution in [0.5, 0.6) is 0 Å². The molecule has 1 fully saturated rings. The third-order valence-electron chi connectivity index (χ3n) is 7.30. The molecular formula is C31H27N3O3. The summed E-state index contributed by atoms with van der Waals surface area (Å²) < 4.78 is 2.25. The first-order valence-electron chi connectivity index (χ1n) is 12.7. The molecular weight excluding hydrogens is 462 g/mol. The van der Waals surface area contributed by atoms with Crippen molar-refractivity contribution in [1.29, 1.82) is 0 Å². The normalized spacial score (nSPS) is 14.2. The van der Waals surface area contributed by atoms with Crippen LogP contribution >= 0.6 is 0 Å². The molecule has 0 atom stereocenters. The number of aromatic nitrogens is 2. The van der Waals surface area contributed by atoms with Crippen molar-refractivity contribution < 1.29 is 14.7 Å². The van der Waals surface area contributed by atoms with Crippen LogP contribution in [0.15, 0.2) is 84.9 Å². The number of imidazole rings is 1. The van der Waals surface area contributed by atoms with E-state index >= 15 is 0 Å². The standard InChI is InChI=1S/C31H27N3O3/c35-30(33-26-15-7-9-20-8-4-5-14-25(20)26)22-11-6-10-21(18-22)29-32-27-19-23(31(36)37)16-17-28(27)34(29)24-12-2-1-3-13-24/h4-11,14-19,24H,1-3,12-13H2,(H,33,35)(H,36,37). The van der Waals surface area contributed by atoms with Gasteiger partial charge >= 0.3 is 5.97 Å². The van der Waals surface area contributed by atoms with E-state index in [9.17, 15) is 14.7 Å². The molecule has 184 valence electrons. The van der Waals surface area contributed by atoms with E-state index in [1.54, 1.807) is 18.2 Å². The molecule has 37 heavy (non-hydrogen) atoms. The Bertz CT molecular complexity index is 1640. The van der Waals surface area contributed by atoms with Crippen molar-refractivity contribution in [2.24, 2.45) is 0 Å². The number of carboxylic acids is 1. The maximum Gasteiger partial charge on any atom is 0.335 e. The van der Waals surface area contributed by atoms with Gasteiger partial charge in [-0.15, -0.1) is 0 Å². The predicted molar refractivity (Wildman–Crippen MR) is 146 cm³/mol. The van der Waals surface area contributed by atoms with Crippen molar-refractivity contribution in [3.8, 4) is 11.4 Å². The van der Waals surface area contributed by atoms with Gasteiger partial charge < -0.3 is 15.0 Å². The van der Waals surface area contributed by atoms with Crippen LogP contribution in [-0.4, -0.2) is 26.5 Å². The summed E-state index contributed by atoms with van der Waals surface area (Å²) in [4.78, 5) is 29.8. The zero-order valence-corrected chi connectivity index (χ0v) is 20.4. The summed E-state index contributed by atoms with van der Waals surface area (Å²) in [6.45, 7) is 0. The Morgan fingerprint density at radius 1 is 0.838 bits per heavy atom. The number of carbonyl (C=O) groups is 2. The summed E-state index contributed by atoms with van der Waals surface area (Å²) in [7, 11) is 0. The minimum Gasteiger partial charge on any atom is -0.478 e. The second kappa shape index (κ2) is 9.54. The first kappa shape index (κ1) is 23.0. The minimum atomic E-state index is -0.970. The number of aromatic carboxylic acids is 1. The number of hydrogen-bond acceptors (Lipinski definition) is 3. The third kappa shape index (κ3) is 4.35. The van der Waals surface area contributed by atoms with Gasteiger partial charge in [0.15, 0.2) is 0 Å². The van der Waals surface area contributed by atoms with Gasteiger partial charge in [0.25, 0.3) is 5.91 Å². The number of carboxylic acid groups (broad SMARTS) is 1. The number of nitrogens with one attached hydrogen (secondary N) is 1. The van der Waals surface area contributed by atoms with Gasteiger partial charge in [-0.2, -0.15) is 0 Å². The van der Waals surface area contributed by atoms with E-state index in [0.717, 1.165) is 59.0 Å². The van der Waals surface area contributed by atoms with Crippen LogP contribution in [-0.2, 0) is 0 Å². The summed E-state index contributed by atoms with van der Waals surface area (Å²) >= 11 is 0. The molecule has 1 aliphatic carbocycles. The molecule has 5 aromatic rings. The maximum atomic E-state index is 13.3. The summed E-state index contributed by atoms with van der Waals surface area (Å²) in [5, 5.41) is 14.6. The molecule has 1 heterocycles. The highest BCUT2D eigenvalue weighted by Gasteiger charge is 2.23. The lowest BCUT2D eigenvalue weighted by molar-refractivity contribution is 0.0696. The molecule has 0 unspecified atom stereocenters. The molecule has 0 spiro atoms. The predicted octanol–water partition coefficient (Wildman–Crippen LogP) is 7.31. The van der Waals surface area contributed by atoms with E-state index < -0.39 is 5.97 Å². The molecule has 6 nitrogen and oxygen atoms in total. The van der Waals surface area contributed by atoms with Gasteiger partial charge in [0.1, 0.15) is 5.82 Å². The smallest absolute Gasteiger partial charge is 0.335 e. The Hall–Kier alpha value is -4.45. The Labute approximate surface area is 214 Å². The third-order valence-corrected chi connectivity index (χ3v) is 7.30. The van der Waals surface area contributed by atoms with Crippen molar-refractivity contribution in [3.05, 3.63) is 96.1 Å². The molecule has 0 aliphatic heterocycles. The van der Waals surface area contributed by atoms with Gasteiger partial charge in [-0.05, 0) is 54.6 Å². The topological polar surface area (TPSA) is 84.2 Å². The van der Waals surface area contributed by atoms with Crippen LogP contribution in [0.4, 0.5) is 5.69 Å². The Balaban J connectivity index is 1.40. The minimum absolute atomic E-state index is 0.188. The molecule has 1 amide bonds. The number of rotatable bonds is 5. The summed E-state index contributed by atoms with van der Waals surface area (Å²) in [5.74, 6) is -0.390. The molecule has 0 radical (unpaired) electrons. The van der Waals surface area contributed by atoms with Crippen LogP contribution < -0.4 is 5.32 Å². The van der Waals surface area contributed by atoms with E-state index in [-0.39, 0.29) is 17.5 Å². The Morgan fingerprint density at radius 3 is 2.46 bits per heavy atom. The zero-order chi connectivity index (χ0) is 25.4. The highest BCUT2D eigenvalue weighted by atomic mass is 16.4. The number of carbonyl (C=O) groups excluding carboxylic acids is 1. The molecule has 0 saturated heterocycles. The molecule has 2 N–H and O–H groups in total. The van der Waals surface area contributed by atoms with E-state index in [1.165, 1.54) is 6.42 Å². The lowest BCUT2D eigenvalue weighted by Gasteiger charge is -2.25. The zero-order valence-electron chi connectivity index (χ0n) is 20.4. The summed E-state index contributed by atoms with van der Waals surface area (Å²) in [6, 6.07) is 26.8. The lowest BCUT2D eigenvalue weighted by Crippen LogP contribution is -2.15. The SMILES string of the molecule is O=C(O)c1ccc2c(c1)nc(-c1cccc(C(=O)Nc3cccc4ccccc34)c1)n2C1CCCCC1. The number of benzene rings is 4. The average Bonchev–Trinajstić information content (AvgIpc) is 3.33. The fraction of sp³-hybridized carbons (Fsp3) is 0.194. The molecule has 6 rings (SSSR count). The summed E-state index contributed by atoms with van der Waals surface area (Å²) in [5.41, 5.74) is 3.95. The molecule has 1 aliphatic rings. The first-order valence-corrected chi connectivity index (χ1v) is 12.7. The van der Waals surface area contributed by atoms with Gasteiger partial charge in [0, 0.05) is 28.2 Å². The van der Waals surface area contributed by atoms with Gasteiger partial charge in [0.05, 0.1) is 16.6 Å². The number of hydrogen-bond donors (Lipinski definition) is 2. The molecule has 1 aromatic heterocycles. The molecule has 6 heteroatoms. The fourth-order valence-electron chi connectivity index (χ4n) is 5.47. The monoisotopic (exact) mass is 489 g/mol. The fourth-order valence-corrected chi connectivity index (χ4v) is 5.47. The van der Waals surface area contributed by atoms with Gasteiger partial charge in [-0.25, -0.2) is 9.78 Å². The van der Waals surface area contributed by atoms with Crippen LogP contribution in [0.1, 0.15) is 58.9 Å². The van der Waals surface area contributed by atoms with E-state index in [1.807, 2.05) is 66.7 Å². The number of amides is 1. The lowest BCUT2D eigenvalue weighted by atomic mass is 9.94. The van der Waals surface area contributed by atoms with Crippen molar-refractivity contribution >= 4 is 39.4 Å². The van der Waals surface area contributed by atoms with Gasteiger partial charge in [-0.3, -0.25) is 4.79 Å². The van der Waals surface area contributed by atoms with Crippen LogP contribution in [0.25, 0.3) is 33.2 Å². The number of anilines is 1. The van der Waals surface area contributed by atoms with Crippen molar-refractivity contribution in [1.82, 2.24) is 9.55 Å². The second-order valence-electron chi connectivity index (χ2n) is 9.67. The Morgan fingerprint density at radius 2 is 1.62 bits per heavy atom. The van der Waals surface area contributed by atoms with Crippen molar-refractivity contribution in [2.45, 2.75) is 38.1 Å². The number of nitrogens with zero attached hydrogens (tertiary/aromatic N) is 2. The molecule has 4 aromatic carbocycles. The van der Waals surface area contributed by atoms with Crippen molar-refractivity contribution in [2.75, 3.05) is 5.32 Å². The first-order chi connectivity index (χ1) is 18.1. The molecule has 1 saturated carbocycles. The van der Waals surface area contributed by atoms with Gasteiger partial charge in [-0.1, -0.05) is 67.8 Å². The van der Waals surface area contributed by atoms with Crippen LogP contribution in [0, 0.1) is 0 Å². The van der Waals surface area contributed by atoms with E-state index in [0.29, 0.717) is 11.1 Å². The van der Waals surface area contributed by atoms with Crippen molar-refractivity contribution in [3.63, 3.8) is 0 Å². The van der Waals surface area contributed by atoms with E-state index in [4.69, 9.17) is 4.98 Å². The average molecular weight is 490 g/mol. The quantitative estimate of drug-likeness (QED) is 0.271.